The summed E-state index contributed by atoms with van der Waals surface area (Å²) in [7, 11) is 1.53. The molecule has 0 saturated heterocycles. The average Bonchev–Trinajstić information content (AvgIpc) is 3.18. The van der Waals surface area contributed by atoms with Gasteiger partial charge in [-0.15, -0.1) is 0 Å². The van der Waals surface area contributed by atoms with Crippen molar-refractivity contribution in [2.24, 2.45) is 10.7 Å². The quantitative estimate of drug-likeness (QED) is 0.519. The van der Waals surface area contributed by atoms with E-state index in [1.54, 1.807) is 36.7 Å². The second-order valence-electron chi connectivity index (χ2n) is 7.58. The predicted molar refractivity (Wildman–Crippen MR) is 122 cm³/mol. The zero-order valence-electron chi connectivity index (χ0n) is 17.7. The Kier molecular flexibility index (Phi) is 4.83. The molecule has 6 nitrogen and oxygen atoms in total. The number of rotatable bonds is 4. The zero-order chi connectivity index (χ0) is 23.0. The second-order valence-corrected chi connectivity index (χ2v) is 7.58. The molecule has 5 rings (SSSR count). The van der Waals surface area contributed by atoms with Gasteiger partial charge >= 0.3 is 0 Å². The highest BCUT2D eigenvalue weighted by Crippen LogP contribution is 2.47. The van der Waals surface area contributed by atoms with Gasteiger partial charge in [0.1, 0.15) is 17.2 Å². The van der Waals surface area contributed by atoms with Gasteiger partial charge in [-0.2, -0.15) is 5.26 Å². The van der Waals surface area contributed by atoms with Crippen LogP contribution in [0.1, 0.15) is 27.8 Å². The fourth-order valence-corrected chi connectivity index (χ4v) is 4.30. The second kappa shape index (κ2) is 7.84. The van der Waals surface area contributed by atoms with Crippen molar-refractivity contribution >= 4 is 5.84 Å². The molecule has 1 atom stereocenters. The molecule has 0 spiro atoms. The van der Waals surface area contributed by atoms with Gasteiger partial charge in [0.15, 0.2) is 0 Å². The Bertz CT molecular complexity index is 1460. The van der Waals surface area contributed by atoms with Crippen molar-refractivity contribution in [3.8, 4) is 23.2 Å². The molecule has 160 valence electrons. The highest BCUT2D eigenvalue weighted by Gasteiger charge is 2.44. The molecule has 2 aromatic carbocycles. The fraction of sp³-hybridized carbons (Fsp3) is 0.0769. The fourth-order valence-electron chi connectivity index (χ4n) is 4.30. The minimum atomic E-state index is -1.11. The van der Waals surface area contributed by atoms with Crippen LogP contribution in [0, 0.1) is 17.1 Å². The summed E-state index contributed by atoms with van der Waals surface area (Å²) in [5, 5.41) is 9.28. The third-order valence-corrected chi connectivity index (χ3v) is 5.77. The summed E-state index contributed by atoms with van der Waals surface area (Å²) in [6.07, 6.45) is 3.22. The van der Waals surface area contributed by atoms with Gasteiger partial charge in [0.2, 0.25) is 5.88 Å². The number of fused-ring (bicyclic) bond motifs is 1. The van der Waals surface area contributed by atoms with Crippen molar-refractivity contribution in [2.75, 3.05) is 7.11 Å². The number of pyridine rings is 2. The van der Waals surface area contributed by atoms with Crippen LogP contribution < -0.4 is 10.5 Å². The first-order chi connectivity index (χ1) is 16.1. The van der Waals surface area contributed by atoms with E-state index < -0.39 is 11.4 Å². The van der Waals surface area contributed by atoms with Crippen LogP contribution in [0.4, 0.5) is 4.39 Å². The molecule has 0 aliphatic carbocycles. The Morgan fingerprint density at radius 2 is 1.76 bits per heavy atom. The van der Waals surface area contributed by atoms with Crippen LogP contribution in [0.2, 0.25) is 0 Å². The van der Waals surface area contributed by atoms with E-state index in [4.69, 9.17) is 15.5 Å². The summed E-state index contributed by atoms with van der Waals surface area (Å²) >= 11 is 0. The Hall–Kier alpha value is -4.57. The number of methoxy groups -OCH3 is 1. The number of halogens is 1. The molecule has 0 radical (unpaired) electrons. The number of nitrogens with two attached hydrogens (primary N) is 1. The molecule has 4 aromatic rings. The van der Waals surface area contributed by atoms with Gasteiger partial charge < -0.3 is 10.5 Å². The van der Waals surface area contributed by atoms with Crippen LogP contribution >= 0.6 is 0 Å². The van der Waals surface area contributed by atoms with Gasteiger partial charge in [-0.1, -0.05) is 30.3 Å². The minimum absolute atomic E-state index is 0.119. The Balaban J connectivity index is 1.80. The first-order valence-electron chi connectivity index (χ1n) is 10.2. The van der Waals surface area contributed by atoms with Gasteiger partial charge in [-0.3, -0.25) is 4.98 Å². The van der Waals surface area contributed by atoms with Crippen molar-refractivity contribution in [3.05, 3.63) is 113 Å². The number of hydrogen-bond acceptors (Lipinski definition) is 6. The molecule has 3 heterocycles. The summed E-state index contributed by atoms with van der Waals surface area (Å²) in [5.74, 6) is 0.0927. The van der Waals surface area contributed by atoms with E-state index in [0.717, 1.165) is 16.7 Å². The van der Waals surface area contributed by atoms with Crippen LogP contribution in [0.25, 0.3) is 11.3 Å². The number of hydrogen-bond donors (Lipinski definition) is 1. The molecule has 0 saturated carbocycles. The third kappa shape index (κ3) is 3.20. The number of benzene rings is 2. The maximum absolute atomic E-state index is 14.9. The third-order valence-electron chi connectivity index (χ3n) is 5.77. The number of aromatic nitrogens is 2. The number of nitriles is 1. The molecule has 33 heavy (non-hydrogen) atoms. The maximum Gasteiger partial charge on any atom is 0.213 e. The number of amidine groups is 1. The van der Waals surface area contributed by atoms with E-state index in [2.05, 4.69) is 16.0 Å². The van der Waals surface area contributed by atoms with Gasteiger partial charge in [0.05, 0.1) is 30.0 Å². The minimum Gasteiger partial charge on any atom is -0.481 e. The van der Waals surface area contributed by atoms with Crippen molar-refractivity contribution < 1.29 is 9.13 Å². The lowest BCUT2D eigenvalue weighted by Crippen LogP contribution is -2.25. The molecule has 0 fully saturated rings. The number of aliphatic imine (C=N–C) groups is 1. The van der Waals surface area contributed by atoms with E-state index in [-0.39, 0.29) is 11.4 Å². The van der Waals surface area contributed by atoms with Crippen molar-refractivity contribution in [1.29, 1.82) is 5.26 Å². The summed E-state index contributed by atoms with van der Waals surface area (Å²) in [4.78, 5) is 13.5. The lowest BCUT2D eigenvalue weighted by molar-refractivity contribution is 0.396. The summed E-state index contributed by atoms with van der Waals surface area (Å²) in [6, 6.07) is 21.6. The first-order valence-corrected chi connectivity index (χ1v) is 10.2. The highest BCUT2D eigenvalue weighted by atomic mass is 19.1. The Morgan fingerprint density at radius 3 is 2.58 bits per heavy atom. The van der Waals surface area contributed by atoms with E-state index in [1.165, 1.54) is 13.2 Å². The molecule has 0 amide bonds. The van der Waals surface area contributed by atoms with E-state index in [1.807, 2.05) is 36.4 Å². The van der Waals surface area contributed by atoms with Crippen LogP contribution in [0.5, 0.6) is 5.88 Å². The van der Waals surface area contributed by atoms with Gasteiger partial charge in [-0.25, -0.2) is 14.4 Å². The maximum atomic E-state index is 14.9. The molecule has 1 aliphatic heterocycles. The topological polar surface area (TPSA) is 97.2 Å². The van der Waals surface area contributed by atoms with Crippen LogP contribution in [0.3, 0.4) is 0 Å². The van der Waals surface area contributed by atoms with Crippen molar-refractivity contribution in [2.45, 2.75) is 5.54 Å². The number of nitrogens with zero attached hydrogens (tertiary/aromatic N) is 4. The largest absolute Gasteiger partial charge is 0.481 e. The van der Waals surface area contributed by atoms with Gasteiger partial charge in [-0.05, 0) is 41.5 Å². The molecule has 1 unspecified atom stereocenters. The van der Waals surface area contributed by atoms with Crippen LogP contribution in [-0.4, -0.2) is 22.9 Å². The van der Waals surface area contributed by atoms with E-state index in [9.17, 15) is 9.65 Å². The molecule has 2 aromatic heterocycles. The van der Waals surface area contributed by atoms with Crippen molar-refractivity contribution in [3.63, 3.8) is 0 Å². The normalized spacial score (nSPS) is 16.6. The van der Waals surface area contributed by atoms with Crippen LogP contribution in [-0.2, 0) is 5.54 Å². The molecular weight excluding hydrogens is 417 g/mol. The average molecular weight is 435 g/mol. The van der Waals surface area contributed by atoms with Crippen molar-refractivity contribution in [1.82, 2.24) is 9.97 Å². The molecule has 7 heteroatoms. The molecule has 1 aliphatic rings. The summed E-state index contributed by atoms with van der Waals surface area (Å²) < 4.78 is 20.2. The van der Waals surface area contributed by atoms with E-state index in [0.29, 0.717) is 22.7 Å². The molecule has 0 bridgehead atoms. The highest BCUT2D eigenvalue weighted by molar-refractivity contribution is 6.03. The zero-order valence-corrected chi connectivity index (χ0v) is 17.7. The lowest BCUT2D eigenvalue weighted by atomic mass is 9.77. The molecule has 2 N–H and O–H groups in total. The Morgan fingerprint density at radius 1 is 0.970 bits per heavy atom. The predicted octanol–water partition coefficient (Wildman–Crippen LogP) is 4.17. The summed E-state index contributed by atoms with van der Waals surface area (Å²) in [6.45, 7) is 0. The van der Waals surface area contributed by atoms with Crippen LogP contribution in [0.15, 0.2) is 84.1 Å². The Labute approximate surface area is 189 Å². The lowest BCUT2D eigenvalue weighted by Gasteiger charge is -2.29. The smallest absolute Gasteiger partial charge is 0.213 e. The monoisotopic (exact) mass is 435 g/mol. The van der Waals surface area contributed by atoms with Gasteiger partial charge in [0, 0.05) is 29.6 Å². The molecular formula is C26H18FN5O. The SMILES string of the molecule is COc1cc(C2(c3cccc(-c4cc(C#N)ccn4)c3)N=C(N)c3c(F)cccc32)ccn1. The first kappa shape index (κ1) is 20.3. The standard InChI is InChI=1S/C26H18FN5O/c1-33-23-14-19(9-11-31-23)26(20-6-3-7-21(27)24(20)25(29)32-26)18-5-2-4-17(13-18)22-12-16(15-28)8-10-30-22/h2-14H,1H3,(H2,29,32). The van der Waals surface area contributed by atoms with E-state index >= 15 is 0 Å². The van der Waals surface area contributed by atoms with Gasteiger partial charge in [0.25, 0.3) is 0 Å². The number of ether oxygens (including phenoxy) is 1. The summed E-state index contributed by atoms with van der Waals surface area (Å²) in [5.41, 5.74) is 9.52.